The Kier molecular flexibility index (Phi) is 4.16. The number of aryl methyl sites for hydroxylation is 1. The number of esters is 1. The van der Waals surface area contributed by atoms with E-state index >= 15 is 0 Å². The second kappa shape index (κ2) is 5.42. The minimum absolute atomic E-state index is 0.269. The first-order valence-corrected chi connectivity index (χ1v) is 7.99. The van der Waals surface area contributed by atoms with Crippen LogP contribution in [-0.4, -0.2) is 35.3 Å². The molecule has 0 N–H and O–H groups in total. The molecule has 1 atom stereocenters. The second-order valence-corrected chi connectivity index (χ2v) is 6.88. The van der Waals surface area contributed by atoms with Gasteiger partial charge < -0.3 is 4.74 Å². The lowest BCUT2D eigenvalue weighted by molar-refractivity contribution is 0.0605. The molecule has 1 unspecified atom stereocenters. The molecule has 1 aliphatic heterocycles. The van der Waals surface area contributed by atoms with Gasteiger partial charge in [0.25, 0.3) is 0 Å². The van der Waals surface area contributed by atoms with Crippen LogP contribution in [0.15, 0.2) is 0 Å². The standard InChI is InChI=1S/C10H13NO2S3/c1-6-8(10(12)13-2)16-9(11-6)7-5-14-3-4-15-7/h7H,3-5H2,1-2H3. The molecule has 1 aliphatic rings. The largest absolute Gasteiger partial charge is 0.465 e. The van der Waals surface area contributed by atoms with Crippen molar-refractivity contribution in [3.63, 3.8) is 0 Å². The fourth-order valence-corrected chi connectivity index (χ4v) is 5.44. The second-order valence-electron chi connectivity index (χ2n) is 3.39. The number of ether oxygens (including phenoxy) is 1. The van der Waals surface area contributed by atoms with Crippen LogP contribution in [0.25, 0.3) is 0 Å². The number of carbonyl (C=O) groups is 1. The zero-order chi connectivity index (χ0) is 11.5. The lowest BCUT2D eigenvalue weighted by Crippen LogP contribution is -2.05. The Balaban J connectivity index is 2.19. The molecule has 1 aromatic heterocycles. The van der Waals surface area contributed by atoms with E-state index < -0.39 is 0 Å². The van der Waals surface area contributed by atoms with E-state index in [2.05, 4.69) is 4.98 Å². The highest BCUT2D eigenvalue weighted by molar-refractivity contribution is 8.06. The van der Waals surface area contributed by atoms with Crippen LogP contribution < -0.4 is 0 Å². The van der Waals surface area contributed by atoms with Crippen LogP contribution in [0.2, 0.25) is 0 Å². The number of thiazole rings is 1. The van der Waals surface area contributed by atoms with Crippen molar-refractivity contribution in [1.29, 1.82) is 0 Å². The first kappa shape index (κ1) is 12.3. The molecule has 6 heteroatoms. The number of aromatic nitrogens is 1. The van der Waals surface area contributed by atoms with Gasteiger partial charge in [-0.3, -0.25) is 0 Å². The van der Waals surface area contributed by atoms with E-state index in [1.54, 1.807) is 0 Å². The summed E-state index contributed by atoms with van der Waals surface area (Å²) in [5.41, 5.74) is 0.794. The monoisotopic (exact) mass is 275 g/mol. The van der Waals surface area contributed by atoms with Gasteiger partial charge in [-0.25, -0.2) is 9.78 Å². The summed E-state index contributed by atoms with van der Waals surface area (Å²) in [6.45, 7) is 1.87. The average molecular weight is 275 g/mol. The topological polar surface area (TPSA) is 39.2 Å². The maximum atomic E-state index is 11.5. The Labute approximate surface area is 107 Å². The Morgan fingerprint density at radius 2 is 2.31 bits per heavy atom. The molecule has 0 amide bonds. The van der Waals surface area contributed by atoms with Crippen molar-refractivity contribution in [1.82, 2.24) is 4.98 Å². The lowest BCUT2D eigenvalue weighted by atomic mass is 10.4. The highest BCUT2D eigenvalue weighted by Crippen LogP contribution is 2.39. The molecule has 3 nitrogen and oxygen atoms in total. The average Bonchev–Trinajstić information content (AvgIpc) is 2.71. The number of thioether (sulfide) groups is 2. The van der Waals surface area contributed by atoms with Crippen LogP contribution in [0.4, 0.5) is 0 Å². The van der Waals surface area contributed by atoms with E-state index in [4.69, 9.17) is 4.74 Å². The maximum absolute atomic E-state index is 11.5. The van der Waals surface area contributed by atoms with Crippen LogP contribution in [0.3, 0.4) is 0 Å². The number of rotatable bonds is 2. The van der Waals surface area contributed by atoms with Gasteiger partial charge in [-0.2, -0.15) is 11.8 Å². The first-order chi connectivity index (χ1) is 7.72. The third-order valence-corrected chi connectivity index (χ3v) is 6.44. The van der Waals surface area contributed by atoms with Crippen molar-refractivity contribution in [3.8, 4) is 0 Å². The van der Waals surface area contributed by atoms with Gasteiger partial charge in [-0.1, -0.05) is 0 Å². The molecule has 0 spiro atoms. The summed E-state index contributed by atoms with van der Waals surface area (Å²) in [6, 6.07) is 0. The molecule has 1 aromatic rings. The van der Waals surface area contributed by atoms with Gasteiger partial charge in [-0.05, 0) is 6.92 Å². The zero-order valence-electron chi connectivity index (χ0n) is 9.19. The summed E-state index contributed by atoms with van der Waals surface area (Å²) in [5, 5.41) is 1.51. The molecule has 2 heterocycles. The van der Waals surface area contributed by atoms with Gasteiger partial charge in [0, 0.05) is 17.3 Å². The van der Waals surface area contributed by atoms with Crippen LogP contribution in [0.1, 0.15) is 25.6 Å². The van der Waals surface area contributed by atoms with Gasteiger partial charge in [0.05, 0.1) is 18.1 Å². The minimum atomic E-state index is -0.269. The number of carbonyl (C=O) groups excluding carboxylic acids is 1. The summed E-state index contributed by atoms with van der Waals surface area (Å²) in [4.78, 5) is 16.6. The van der Waals surface area contributed by atoms with E-state index in [9.17, 15) is 4.79 Å². The number of hydrogen-bond acceptors (Lipinski definition) is 6. The van der Waals surface area contributed by atoms with E-state index in [1.165, 1.54) is 30.0 Å². The Hall–Kier alpha value is -0.200. The van der Waals surface area contributed by atoms with Crippen molar-refractivity contribution in [2.24, 2.45) is 0 Å². The van der Waals surface area contributed by atoms with E-state index in [-0.39, 0.29) is 5.97 Å². The molecule has 0 aliphatic carbocycles. The molecule has 1 fully saturated rings. The van der Waals surface area contributed by atoms with Crippen LogP contribution in [0.5, 0.6) is 0 Å². The quantitative estimate of drug-likeness (QED) is 0.776. The Morgan fingerprint density at radius 3 is 2.94 bits per heavy atom. The van der Waals surface area contributed by atoms with Gasteiger partial charge in [0.15, 0.2) is 0 Å². The molecule has 0 saturated carbocycles. The van der Waals surface area contributed by atoms with Crippen molar-refractivity contribution in [2.45, 2.75) is 12.2 Å². The molecule has 88 valence electrons. The van der Waals surface area contributed by atoms with Crippen molar-refractivity contribution in [3.05, 3.63) is 15.6 Å². The summed E-state index contributed by atoms with van der Waals surface area (Å²) in [5.74, 6) is 3.21. The van der Waals surface area contributed by atoms with Gasteiger partial charge in [-0.15, -0.1) is 23.1 Å². The predicted molar refractivity (Wildman–Crippen MR) is 70.7 cm³/mol. The maximum Gasteiger partial charge on any atom is 0.349 e. The van der Waals surface area contributed by atoms with Crippen LogP contribution in [-0.2, 0) is 4.74 Å². The van der Waals surface area contributed by atoms with Crippen LogP contribution >= 0.6 is 34.9 Å². The lowest BCUT2D eigenvalue weighted by Gasteiger charge is -2.18. The van der Waals surface area contributed by atoms with Gasteiger partial charge >= 0.3 is 5.97 Å². The summed E-state index contributed by atoms with van der Waals surface area (Å²) in [7, 11) is 1.41. The summed E-state index contributed by atoms with van der Waals surface area (Å²) in [6.07, 6.45) is 0. The molecule has 1 saturated heterocycles. The van der Waals surface area contributed by atoms with Crippen molar-refractivity contribution >= 4 is 40.8 Å². The molecule has 0 radical (unpaired) electrons. The van der Waals surface area contributed by atoms with Gasteiger partial charge in [0.1, 0.15) is 9.88 Å². The molecule has 0 bridgehead atoms. The molecule has 0 aromatic carbocycles. The van der Waals surface area contributed by atoms with Gasteiger partial charge in [0.2, 0.25) is 0 Å². The first-order valence-electron chi connectivity index (χ1n) is 4.97. The third-order valence-electron chi connectivity index (χ3n) is 2.28. The normalized spacial score (nSPS) is 20.8. The number of hydrogen-bond donors (Lipinski definition) is 0. The molecule has 2 rings (SSSR count). The SMILES string of the molecule is COC(=O)c1sc(C2CSCCS2)nc1C. The van der Waals surface area contributed by atoms with Crippen LogP contribution in [0, 0.1) is 6.92 Å². The van der Waals surface area contributed by atoms with E-state index in [0.29, 0.717) is 10.1 Å². The molecular weight excluding hydrogens is 262 g/mol. The highest BCUT2D eigenvalue weighted by atomic mass is 32.2. The minimum Gasteiger partial charge on any atom is -0.465 e. The number of nitrogens with zero attached hydrogens (tertiary/aromatic N) is 1. The van der Waals surface area contributed by atoms with Crippen molar-refractivity contribution < 1.29 is 9.53 Å². The van der Waals surface area contributed by atoms with Crippen molar-refractivity contribution in [2.75, 3.05) is 24.4 Å². The summed E-state index contributed by atoms with van der Waals surface area (Å²) < 4.78 is 4.74. The number of methoxy groups -OCH3 is 1. The Morgan fingerprint density at radius 1 is 1.50 bits per heavy atom. The Bertz CT molecular complexity index is 385. The fraction of sp³-hybridized carbons (Fsp3) is 0.600. The zero-order valence-corrected chi connectivity index (χ0v) is 11.6. The highest BCUT2D eigenvalue weighted by Gasteiger charge is 2.23. The smallest absolute Gasteiger partial charge is 0.349 e. The van der Waals surface area contributed by atoms with E-state index in [1.807, 2.05) is 30.4 Å². The fourth-order valence-electron chi connectivity index (χ4n) is 1.47. The van der Waals surface area contributed by atoms with E-state index in [0.717, 1.165) is 16.5 Å². The molecular formula is C10H13NO2S3. The third kappa shape index (κ3) is 2.55. The summed E-state index contributed by atoms with van der Waals surface area (Å²) >= 11 is 5.37. The molecule has 16 heavy (non-hydrogen) atoms. The predicted octanol–water partition coefficient (Wildman–Crippen LogP) is 2.76.